The Hall–Kier alpha value is -4.24. The number of carbonyl (C=O) groups is 4. The number of rotatable bonds is 16. The van der Waals surface area contributed by atoms with Crippen LogP contribution in [0, 0.1) is 5.92 Å². The van der Waals surface area contributed by atoms with Crippen LogP contribution in [0.4, 0.5) is 0 Å². The normalized spacial score (nSPS) is 16.1. The zero-order chi connectivity index (χ0) is 32.9. The molecule has 3 aromatic rings. The molecule has 4 atom stereocenters. The molecule has 9 nitrogen and oxygen atoms in total. The fourth-order valence-corrected chi connectivity index (χ4v) is 6.27. The average molecular weight is 628 g/mol. The molecule has 0 aromatic heterocycles. The highest BCUT2D eigenvalue weighted by Crippen LogP contribution is 2.27. The van der Waals surface area contributed by atoms with E-state index in [-0.39, 0.29) is 6.42 Å². The van der Waals surface area contributed by atoms with Gasteiger partial charge in [0.25, 0.3) is 0 Å². The number of hydrogen-bond donors (Lipinski definition) is 5. The predicted octanol–water partition coefficient (Wildman–Crippen LogP) is 4.05. The van der Waals surface area contributed by atoms with E-state index in [1.165, 1.54) is 6.42 Å². The second-order valence-corrected chi connectivity index (χ2v) is 12.6. The Morgan fingerprint density at radius 3 is 2.04 bits per heavy atom. The highest BCUT2D eigenvalue weighted by molar-refractivity contribution is 5.95. The molecular weight excluding hydrogens is 578 g/mol. The third-order valence-corrected chi connectivity index (χ3v) is 8.95. The lowest BCUT2D eigenvalue weighted by atomic mass is 9.84. The van der Waals surface area contributed by atoms with E-state index in [0.29, 0.717) is 31.6 Å². The largest absolute Gasteiger partial charge is 0.368 e. The first-order valence-electron chi connectivity index (χ1n) is 16.7. The minimum absolute atomic E-state index is 0.203. The van der Waals surface area contributed by atoms with Crippen LogP contribution in [0.3, 0.4) is 0 Å². The predicted molar refractivity (Wildman–Crippen MR) is 181 cm³/mol. The summed E-state index contributed by atoms with van der Waals surface area (Å²) in [6.07, 6.45) is 8.32. The van der Waals surface area contributed by atoms with E-state index in [0.717, 1.165) is 54.0 Å². The van der Waals surface area contributed by atoms with Crippen LogP contribution in [0.15, 0.2) is 72.8 Å². The van der Waals surface area contributed by atoms with E-state index in [9.17, 15) is 19.2 Å². The Balaban J connectivity index is 1.51. The first-order valence-corrected chi connectivity index (χ1v) is 16.7. The Morgan fingerprint density at radius 2 is 1.35 bits per heavy atom. The fourth-order valence-electron chi connectivity index (χ4n) is 6.27. The van der Waals surface area contributed by atoms with E-state index < -0.39 is 47.8 Å². The van der Waals surface area contributed by atoms with Crippen molar-refractivity contribution in [2.75, 3.05) is 0 Å². The molecule has 246 valence electrons. The minimum Gasteiger partial charge on any atom is -0.368 e. The quantitative estimate of drug-likeness (QED) is 0.162. The summed E-state index contributed by atoms with van der Waals surface area (Å²) < 4.78 is 0. The zero-order valence-corrected chi connectivity index (χ0v) is 26.9. The lowest BCUT2D eigenvalue weighted by Crippen LogP contribution is -2.58. The van der Waals surface area contributed by atoms with E-state index in [1.54, 1.807) is 0 Å². The Labute approximate surface area is 272 Å². The lowest BCUT2D eigenvalue weighted by molar-refractivity contribution is -0.133. The van der Waals surface area contributed by atoms with Crippen molar-refractivity contribution < 1.29 is 19.2 Å². The SMILES string of the molecule is CCCC[C@@H](NC(=O)[C@H](Cc1ccc2ccccc2c1)NC(=O)[C@@H](N)Cc1ccccc1)C(=O)N[C@@H](CC1CCCCC1)C(N)=O. The van der Waals surface area contributed by atoms with Crippen molar-refractivity contribution in [2.45, 2.75) is 102 Å². The molecule has 1 saturated carbocycles. The summed E-state index contributed by atoms with van der Waals surface area (Å²) >= 11 is 0. The number of carbonyl (C=O) groups excluding carboxylic acids is 4. The lowest BCUT2D eigenvalue weighted by Gasteiger charge is -2.28. The van der Waals surface area contributed by atoms with Gasteiger partial charge in [0, 0.05) is 6.42 Å². The van der Waals surface area contributed by atoms with Crippen LogP contribution in [0.1, 0.15) is 75.8 Å². The van der Waals surface area contributed by atoms with Crippen molar-refractivity contribution in [3.05, 3.63) is 83.9 Å². The summed E-state index contributed by atoms with van der Waals surface area (Å²) in [6, 6.07) is 19.7. The number of primary amides is 1. The highest BCUT2D eigenvalue weighted by Gasteiger charge is 2.31. The van der Waals surface area contributed by atoms with E-state index >= 15 is 0 Å². The van der Waals surface area contributed by atoms with Crippen molar-refractivity contribution >= 4 is 34.4 Å². The van der Waals surface area contributed by atoms with Crippen LogP contribution in [-0.2, 0) is 32.0 Å². The van der Waals surface area contributed by atoms with Gasteiger partial charge in [0.05, 0.1) is 6.04 Å². The van der Waals surface area contributed by atoms with E-state index in [2.05, 4.69) is 16.0 Å². The number of hydrogen-bond acceptors (Lipinski definition) is 5. The molecule has 0 spiro atoms. The first-order chi connectivity index (χ1) is 22.2. The van der Waals surface area contributed by atoms with Crippen LogP contribution in [-0.4, -0.2) is 47.8 Å². The monoisotopic (exact) mass is 627 g/mol. The van der Waals surface area contributed by atoms with Gasteiger partial charge in [0.2, 0.25) is 23.6 Å². The molecule has 0 bridgehead atoms. The third kappa shape index (κ3) is 10.4. The number of unbranched alkanes of at least 4 members (excludes halogenated alkanes) is 1. The number of nitrogens with two attached hydrogens (primary N) is 2. The zero-order valence-electron chi connectivity index (χ0n) is 26.9. The summed E-state index contributed by atoms with van der Waals surface area (Å²) in [6.45, 7) is 2.00. The molecular formula is C37H49N5O4. The van der Waals surface area contributed by atoms with Crippen LogP contribution < -0.4 is 27.4 Å². The molecule has 0 heterocycles. The summed E-state index contributed by atoms with van der Waals surface area (Å²) in [5, 5.41) is 10.7. The van der Waals surface area contributed by atoms with Gasteiger partial charge in [0.15, 0.2) is 0 Å². The molecule has 3 aromatic carbocycles. The first kappa shape index (κ1) is 34.6. The number of nitrogens with one attached hydrogen (secondary N) is 3. The van der Waals surface area contributed by atoms with Crippen molar-refractivity contribution in [3.63, 3.8) is 0 Å². The fraction of sp³-hybridized carbons (Fsp3) is 0.459. The molecule has 0 unspecified atom stereocenters. The molecule has 9 heteroatoms. The summed E-state index contributed by atoms with van der Waals surface area (Å²) in [7, 11) is 0. The van der Waals surface area contributed by atoms with Gasteiger partial charge in [-0.05, 0) is 47.1 Å². The molecule has 1 fully saturated rings. The molecule has 0 saturated heterocycles. The van der Waals surface area contributed by atoms with Crippen LogP contribution >= 0.6 is 0 Å². The second kappa shape index (κ2) is 17.5. The third-order valence-electron chi connectivity index (χ3n) is 8.95. The summed E-state index contributed by atoms with van der Waals surface area (Å²) in [5.74, 6) is -1.64. The molecule has 46 heavy (non-hydrogen) atoms. The molecule has 1 aliphatic rings. The van der Waals surface area contributed by atoms with Gasteiger partial charge in [-0.1, -0.05) is 125 Å². The number of benzene rings is 3. The maximum Gasteiger partial charge on any atom is 0.243 e. The van der Waals surface area contributed by atoms with Gasteiger partial charge in [0.1, 0.15) is 18.1 Å². The Morgan fingerprint density at radius 1 is 0.717 bits per heavy atom. The second-order valence-electron chi connectivity index (χ2n) is 12.6. The van der Waals surface area contributed by atoms with Crippen molar-refractivity contribution in [1.82, 2.24) is 16.0 Å². The maximum absolute atomic E-state index is 13.9. The smallest absolute Gasteiger partial charge is 0.243 e. The van der Waals surface area contributed by atoms with Gasteiger partial charge in [-0.15, -0.1) is 0 Å². The Kier molecular flexibility index (Phi) is 13.1. The summed E-state index contributed by atoms with van der Waals surface area (Å²) in [5.41, 5.74) is 13.8. The topological polar surface area (TPSA) is 156 Å². The highest BCUT2D eigenvalue weighted by atomic mass is 16.2. The molecule has 7 N–H and O–H groups in total. The molecule has 0 aliphatic heterocycles. The molecule has 4 rings (SSSR count). The Bertz CT molecular complexity index is 1460. The van der Waals surface area contributed by atoms with Crippen molar-refractivity contribution in [1.29, 1.82) is 0 Å². The van der Waals surface area contributed by atoms with Gasteiger partial charge in [-0.3, -0.25) is 19.2 Å². The van der Waals surface area contributed by atoms with Gasteiger partial charge < -0.3 is 27.4 Å². The maximum atomic E-state index is 13.9. The van der Waals surface area contributed by atoms with Gasteiger partial charge >= 0.3 is 0 Å². The van der Waals surface area contributed by atoms with Crippen LogP contribution in [0.5, 0.6) is 0 Å². The molecule has 4 amide bonds. The van der Waals surface area contributed by atoms with E-state index in [1.807, 2.05) is 79.7 Å². The van der Waals surface area contributed by atoms with Crippen LogP contribution in [0.2, 0.25) is 0 Å². The average Bonchev–Trinajstić information content (AvgIpc) is 3.06. The molecule has 1 aliphatic carbocycles. The number of amides is 4. The van der Waals surface area contributed by atoms with Crippen LogP contribution in [0.25, 0.3) is 10.8 Å². The van der Waals surface area contributed by atoms with Gasteiger partial charge in [-0.25, -0.2) is 0 Å². The van der Waals surface area contributed by atoms with Crippen molar-refractivity contribution in [2.24, 2.45) is 17.4 Å². The summed E-state index contributed by atoms with van der Waals surface area (Å²) in [4.78, 5) is 53.1. The molecule has 0 radical (unpaired) electrons. The standard InChI is InChI=1S/C37H49N5O4/c1-2-3-18-31(36(45)41-32(34(39)43)23-26-14-8-5-9-15-26)40-37(46)33(24-27-19-20-28-16-10-11-17-29(28)21-27)42-35(44)30(38)22-25-12-6-4-7-13-25/h4,6-7,10-13,16-17,19-21,26,30-33H,2-3,5,8-9,14-15,18,22-24,38H2,1H3,(H2,39,43)(H,40,46)(H,41,45)(H,42,44)/t30-,31+,32-,33-/m0/s1. The minimum atomic E-state index is -0.985. The van der Waals surface area contributed by atoms with Crippen molar-refractivity contribution in [3.8, 4) is 0 Å². The van der Waals surface area contributed by atoms with E-state index in [4.69, 9.17) is 11.5 Å². The van der Waals surface area contributed by atoms with Gasteiger partial charge in [-0.2, -0.15) is 0 Å². The number of fused-ring (bicyclic) bond motifs is 1.